The number of hydrogen-bond acceptors (Lipinski definition) is 3. The molecular weight excluding hydrogens is 214 g/mol. The van der Waals surface area contributed by atoms with E-state index < -0.39 is 0 Å². The summed E-state index contributed by atoms with van der Waals surface area (Å²) < 4.78 is 0. The Morgan fingerprint density at radius 3 is 2.65 bits per heavy atom. The Morgan fingerprint density at radius 1 is 1.41 bits per heavy atom. The Balaban J connectivity index is 2.55. The van der Waals surface area contributed by atoms with Gasteiger partial charge in [-0.15, -0.1) is 0 Å². The lowest BCUT2D eigenvalue weighted by Gasteiger charge is -2.29. The summed E-state index contributed by atoms with van der Waals surface area (Å²) in [5.41, 5.74) is 5.98. The van der Waals surface area contributed by atoms with Crippen molar-refractivity contribution in [1.82, 2.24) is 9.80 Å². The standard InChI is InChI=1S/C13H27N3O/c1-10(2)12(14)8-13(17)16-7-5-6-15(4)9-11(16)3/h10-12H,5-9,14H2,1-4H3. The fourth-order valence-corrected chi connectivity index (χ4v) is 2.30. The Bertz CT molecular complexity index is 255. The molecule has 1 saturated heterocycles. The van der Waals surface area contributed by atoms with Crippen molar-refractivity contribution in [1.29, 1.82) is 0 Å². The van der Waals surface area contributed by atoms with Crippen LogP contribution < -0.4 is 5.73 Å². The molecule has 1 amide bonds. The summed E-state index contributed by atoms with van der Waals surface area (Å²) >= 11 is 0. The van der Waals surface area contributed by atoms with Gasteiger partial charge in [0.25, 0.3) is 0 Å². The highest BCUT2D eigenvalue weighted by Gasteiger charge is 2.25. The zero-order valence-electron chi connectivity index (χ0n) is 11.6. The zero-order valence-corrected chi connectivity index (χ0v) is 11.6. The Labute approximate surface area is 105 Å². The first-order valence-electron chi connectivity index (χ1n) is 6.65. The molecule has 0 aromatic carbocycles. The third-order valence-electron chi connectivity index (χ3n) is 3.63. The third-order valence-corrected chi connectivity index (χ3v) is 3.63. The summed E-state index contributed by atoms with van der Waals surface area (Å²) in [5, 5.41) is 0. The van der Waals surface area contributed by atoms with Crippen molar-refractivity contribution in [2.45, 2.75) is 45.7 Å². The monoisotopic (exact) mass is 241 g/mol. The van der Waals surface area contributed by atoms with Crippen molar-refractivity contribution in [3.8, 4) is 0 Å². The Morgan fingerprint density at radius 2 is 2.06 bits per heavy atom. The van der Waals surface area contributed by atoms with Gasteiger partial charge in [-0.25, -0.2) is 0 Å². The first-order valence-corrected chi connectivity index (χ1v) is 6.65. The lowest BCUT2D eigenvalue weighted by molar-refractivity contribution is -0.133. The van der Waals surface area contributed by atoms with E-state index in [1.54, 1.807) is 0 Å². The van der Waals surface area contributed by atoms with E-state index in [2.05, 4.69) is 32.7 Å². The van der Waals surface area contributed by atoms with Gasteiger partial charge in [-0.05, 0) is 32.9 Å². The van der Waals surface area contributed by atoms with Crippen molar-refractivity contribution in [3.05, 3.63) is 0 Å². The third kappa shape index (κ3) is 4.28. The van der Waals surface area contributed by atoms with E-state index in [1.807, 2.05) is 4.90 Å². The zero-order chi connectivity index (χ0) is 13.0. The molecule has 0 spiro atoms. The van der Waals surface area contributed by atoms with E-state index in [0.29, 0.717) is 18.4 Å². The maximum absolute atomic E-state index is 12.2. The normalized spacial score (nSPS) is 24.8. The van der Waals surface area contributed by atoms with Gasteiger partial charge in [-0.3, -0.25) is 4.79 Å². The second-order valence-electron chi connectivity index (χ2n) is 5.66. The van der Waals surface area contributed by atoms with Crippen LogP contribution in [0, 0.1) is 5.92 Å². The van der Waals surface area contributed by atoms with Gasteiger partial charge in [0.2, 0.25) is 5.91 Å². The maximum Gasteiger partial charge on any atom is 0.224 e. The van der Waals surface area contributed by atoms with E-state index >= 15 is 0 Å². The Kier molecular flexibility index (Phi) is 5.40. The molecule has 4 heteroatoms. The minimum absolute atomic E-state index is 0.0179. The van der Waals surface area contributed by atoms with Crippen molar-refractivity contribution >= 4 is 5.91 Å². The van der Waals surface area contributed by atoms with Crippen LogP contribution in [0.4, 0.5) is 0 Å². The number of hydrogen-bond donors (Lipinski definition) is 1. The second-order valence-corrected chi connectivity index (χ2v) is 5.66. The van der Waals surface area contributed by atoms with Crippen LogP contribution in [0.2, 0.25) is 0 Å². The molecule has 0 saturated carbocycles. The lowest BCUT2D eigenvalue weighted by atomic mass is 10.0. The van der Waals surface area contributed by atoms with Crippen LogP contribution in [-0.4, -0.2) is 54.5 Å². The topological polar surface area (TPSA) is 49.6 Å². The molecule has 1 rings (SSSR count). The molecule has 4 nitrogen and oxygen atoms in total. The lowest BCUT2D eigenvalue weighted by Crippen LogP contribution is -2.44. The summed E-state index contributed by atoms with van der Waals surface area (Å²) in [5.74, 6) is 0.581. The van der Waals surface area contributed by atoms with Crippen LogP contribution in [0.25, 0.3) is 0 Å². The number of carbonyl (C=O) groups excluding carboxylic acids is 1. The maximum atomic E-state index is 12.2. The van der Waals surface area contributed by atoms with Crippen molar-refractivity contribution in [2.75, 3.05) is 26.7 Å². The van der Waals surface area contributed by atoms with Crippen LogP contribution in [-0.2, 0) is 4.79 Å². The average molecular weight is 241 g/mol. The van der Waals surface area contributed by atoms with E-state index in [1.165, 1.54) is 0 Å². The summed E-state index contributed by atoms with van der Waals surface area (Å²) in [6.45, 7) is 9.16. The minimum Gasteiger partial charge on any atom is -0.339 e. The van der Waals surface area contributed by atoms with Crippen molar-refractivity contribution in [3.63, 3.8) is 0 Å². The number of nitrogens with zero attached hydrogens (tertiary/aromatic N) is 2. The van der Waals surface area contributed by atoms with Gasteiger partial charge in [-0.1, -0.05) is 13.8 Å². The fraction of sp³-hybridized carbons (Fsp3) is 0.923. The van der Waals surface area contributed by atoms with Gasteiger partial charge in [0.15, 0.2) is 0 Å². The van der Waals surface area contributed by atoms with Crippen molar-refractivity contribution in [2.24, 2.45) is 11.7 Å². The summed E-state index contributed by atoms with van der Waals surface area (Å²) in [4.78, 5) is 16.5. The van der Waals surface area contributed by atoms with E-state index in [0.717, 1.165) is 26.1 Å². The molecule has 1 aliphatic rings. The van der Waals surface area contributed by atoms with E-state index in [-0.39, 0.29) is 11.9 Å². The van der Waals surface area contributed by atoms with Crippen LogP contribution in [0.1, 0.15) is 33.6 Å². The van der Waals surface area contributed by atoms with Crippen molar-refractivity contribution < 1.29 is 4.79 Å². The Hall–Kier alpha value is -0.610. The molecule has 1 aliphatic heterocycles. The molecule has 2 N–H and O–H groups in total. The predicted octanol–water partition coefficient (Wildman–Crippen LogP) is 0.912. The molecule has 0 aromatic heterocycles. The largest absolute Gasteiger partial charge is 0.339 e. The fourth-order valence-electron chi connectivity index (χ4n) is 2.30. The second kappa shape index (κ2) is 6.36. The van der Waals surface area contributed by atoms with Gasteiger partial charge in [-0.2, -0.15) is 0 Å². The molecule has 1 fully saturated rings. The van der Waals surface area contributed by atoms with Crippen LogP contribution in [0.5, 0.6) is 0 Å². The number of nitrogens with two attached hydrogens (primary N) is 1. The van der Waals surface area contributed by atoms with Crippen LogP contribution in [0.3, 0.4) is 0 Å². The van der Waals surface area contributed by atoms with E-state index in [4.69, 9.17) is 5.73 Å². The summed E-state index contributed by atoms with van der Waals surface area (Å²) in [7, 11) is 2.12. The molecular formula is C13H27N3O. The van der Waals surface area contributed by atoms with Gasteiger partial charge in [0.1, 0.15) is 0 Å². The number of rotatable bonds is 3. The highest BCUT2D eigenvalue weighted by atomic mass is 16.2. The molecule has 0 bridgehead atoms. The van der Waals surface area contributed by atoms with Gasteiger partial charge in [0.05, 0.1) is 0 Å². The quantitative estimate of drug-likeness (QED) is 0.799. The highest BCUT2D eigenvalue weighted by molar-refractivity contribution is 5.77. The van der Waals surface area contributed by atoms with Gasteiger partial charge >= 0.3 is 0 Å². The molecule has 0 radical (unpaired) electrons. The van der Waals surface area contributed by atoms with Crippen LogP contribution >= 0.6 is 0 Å². The smallest absolute Gasteiger partial charge is 0.224 e. The summed E-state index contributed by atoms with van der Waals surface area (Å²) in [6, 6.07) is 0.282. The molecule has 1 heterocycles. The van der Waals surface area contributed by atoms with E-state index in [9.17, 15) is 4.79 Å². The highest BCUT2D eigenvalue weighted by Crippen LogP contribution is 2.12. The number of amides is 1. The minimum atomic E-state index is -0.0179. The average Bonchev–Trinajstić information content (AvgIpc) is 2.38. The molecule has 2 atom stereocenters. The molecule has 0 aliphatic carbocycles. The molecule has 2 unspecified atom stereocenters. The molecule has 100 valence electrons. The number of likely N-dealkylation sites (N-methyl/N-ethyl adjacent to an activating group) is 1. The number of carbonyl (C=O) groups is 1. The summed E-state index contributed by atoms with van der Waals surface area (Å²) in [6.07, 6.45) is 1.54. The first-order chi connectivity index (χ1) is 7.91. The molecule has 0 aromatic rings. The predicted molar refractivity (Wildman–Crippen MR) is 70.7 cm³/mol. The van der Waals surface area contributed by atoms with Gasteiger partial charge < -0.3 is 15.5 Å². The molecule has 17 heavy (non-hydrogen) atoms. The SMILES string of the molecule is CC(C)C(N)CC(=O)N1CCCN(C)CC1C. The first kappa shape index (κ1) is 14.5. The van der Waals surface area contributed by atoms with Gasteiger partial charge in [0, 0.05) is 31.6 Å². The van der Waals surface area contributed by atoms with Crippen LogP contribution in [0.15, 0.2) is 0 Å².